The van der Waals surface area contributed by atoms with Crippen molar-refractivity contribution >= 4 is 28.9 Å². The van der Waals surface area contributed by atoms with Gasteiger partial charge in [0.2, 0.25) is 0 Å². The van der Waals surface area contributed by atoms with E-state index in [0.717, 1.165) is 24.2 Å². The van der Waals surface area contributed by atoms with Crippen LogP contribution in [0.5, 0.6) is 0 Å². The summed E-state index contributed by atoms with van der Waals surface area (Å²) >= 11 is 0. The Morgan fingerprint density at radius 3 is 2.70 bits per heavy atom. The molecule has 3 rings (SSSR count). The van der Waals surface area contributed by atoms with Gasteiger partial charge in [-0.3, -0.25) is 9.59 Å². The number of nitrogens with one attached hydrogen (secondary N) is 3. The maximum Gasteiger partial charge on any atom is 0.257 e. The molecule has 0 saturated heterocycles. The van der Waals surface area contributed by atoms with Crippen LogP contribution in [-0.4, -0.2) is 18.4 Å². The Hall–Kier alpha value is -2.82. The van der Waals surface area contributed by atoms with Gasteiger partial charge in [0.25, 0.3) is 11.8 Å². The van der Waals surface area contributed by atoms with Gasteiger partial charge in [-0.2, -0.15) is 0 Å². The first-order chi connectivity index (χ1) is 11.2. The van der Waals surface area contributed by atoms with Crippen molar-refractivity contribution in [2.24, 2.45) is 0 Å². The third-order valence-corrected chi connectivity index (χ3v) is 3.79. The van der Waals surface area contributed by atoms with E-state index in [-0.39, 0.29) is 11.8 Å². The summed E-state index contributed by atoms with van der Waals surface area (Å²) in [7, 11) is 0. The topological polar surface area (TPSA) is 70.2 Å². The molecule has 0 aromatic heterocycles. The van der Waals surface area contributed by atoms with Gasteiger partial charge in [0, 0.05) is 12.1 Å². The maximum atomic E-state index is 12.3. The lowest BCUT2D eigenvalue weighted by atomic mass is 10.1. The van der Waals surface area contributed by atoms with Crippen LogP contribution in [0.25, 0.3) is 0 Å². The second kappa shape index (κ2) is 6.52. The Morgan fingerprint density at radius 1 is 1.04 bits per heavy atom. The Bertz CT molecular complexity index is 756. The van der Waals surface area contributed by atoms with Crippen LogP contribution in [0.3, 0.4) is 0 Å². The minimum atomic E-state index is -0.185. The number of hydrogen-bond acceptors (Lipinski definition) is 3. The average Bonchev–Trinajstić information content (AvgIpc) is 2.70. The lowest BCUT2D eigenvalue weighted by Crippen LogP contribution is -2.24. The Balaban J connectivity index is 1.86. The van der Waals surface area contributed by atoms with E-state index in [9.17, 15) is 9.59 Å². The van der Waals surface area contributed by atoms with Gasteiger partial charge >= 0.3 is 0 Å². The molecule has 1 aliphatic rings. The summed E-state index contributed by atoms with van der Waals surface area (Å²) in [4.78, 5) is 24.5. The normalized spacial score (nSPS) is 12.3. The summed E-state index contributed by atoms with van der Waals surface area (Å²) in [5.41, 5.74) is 3.25. The SMILES string of the molecule is CCCCNC(=O)c1ccc2c(c1)NC(=O)c1ccccc1N2. The second-order valence-electron chi connectivity index (χ2n) is 5.49. The van der Waals surface area contributed by atoms with E-state index in [1.54, 1.807) is 18.2 Å². The van der Waals surface area contributed by atoms with Gasteiger partial charge in [0.15, 0.2) is 0 Å². The largest absolute Gasteiger partial charge is 0.353 e. The molecule has 2 amide bonds. The summed E-state index contributed by atoms with van der Waals surface area (Å²) in [6, 6.07) is 12.6. The highest BCUT2D eigenvalue weighted by Gasteiger charge is 2.19. The quantitative estimate of drug-likeness (QED) is 0.757. The number of carbonyl (C=O) groups excluding carboxylic acids is 2. The van der Waals surface area contributed by atoms with Crippen LogP contribution in [0.1, 0.15) is 40.5 Å². The highest BCUT2D eigenvalue weighted by molar-refractivity contribution is 6.12. The van der Waals surface area contributed by atoms with E-state index in [1.807, 2.05) is 24.3 Å². The summed E-state index contributed by atoms with van der Waals surface area (Å²) in [6.07, 6.45) is 1.98. The molecular weight excluding hydrogens is 290 g/mol. The predicted octanol–water partition coefficient (Wildman–Crippen LogP) is 3.53. The van der Waals surface area contributed by atoms with Crippen molar-refractivity contribution in [1.82, 2.24) is 5.32 Å². The van der Waals surface area contributed by atoms with Crippen molar-refractivity contribution in [2.75, 3.05) is 17.2 Å². The van der Waals surface area contributed by atoms with Crippen LogP contribution in [-0.2, 0) is 0 Å². The molecule has 0 aliphatic carbocycles. The van der Waals surface area contributed by atoms with Crippen LogP contribution < -0.4 is 16.0 Å². The van der Waals surface area contributed by atoms with Gasteiger partial charge < -0.3 is 16.0 Å². The van der Waals surface area contributed by atoms with Gasteiger partial charge in [-0.15, -0.1) is 0 Å². The van der Waals surface area contributed by atoms with E-state index in [2.05, 4.69) is 22.9 Å². The number of anilines is 3. The fraction of sp³-hybridized carbons (Fsp3) is 0.222. The zero-order chi connectivity index (χ0) is 16.2. The fourth-order valence-electron chi connectivity index (χ4n) is 2.50. The lowest BCUT2D eigenvalue weighted by molar-refractivity contribution is 0.0951. The molecule has 0 fully saturated rings. The molecule has 0 spiro atoms. The molecule has 3 N–H and O–H groups in total. The Labute approximate surface area is 135 Å². The number of rotatable bonds is 4. The number of unbranched alkanes of at least 4 members (excludes halogenated alkanes) is 1. The van der Waals surface area contributed by atoms with E-state index in [0.29, 0.717) is 23.4 Å². The van der Waals surface area contributed by atoms with Crippen LogP contribution in [0.2, 0.25) is 0 Å². The first kappa shape index (κ1) is 15.1. The molecule has 2 aromatic rings. The molecule has 0 unspecified atom stereocenters. The molecule has 5 nitrogen and oxygen atoms in total. The Kier molecular flexibility index (Phi) is 4.28. The summed E-state index contributed by atoms with van der Waals surface area (Å²) in [6.45, 7) is 2.73. The van der Waals surface area contributed by atoms with Crippen LogP contribution in [0, 0.1) is 0 Å². The van der Waals surface area contributed by atoms with Crippen LogP contribution in [0.4, 0.5) is 17.1 Å². The van der Waals surface area contributed by atoms with E-state index in [1.165, 1.54) is 0 Å². The summed E-state index contributed by atoms with van der Waals surface area (Å²) in [5.74, 6) is -0.312. The molecule has 0 bridgehead atoms. The van der Waals surface area contributed by atoms with E-state index >= 15 is 0 Å². The van der Waals surface area contributed by atoms with Crippen molar-refractivity contribution in [1.29, 1.82) is 0 Å². The third kappa shape index (κ3) is 3.18. The smallest absolute Gasteiger partial charge is 0.257 e. The predicted molar refractivity (Wildman–Crippen MR) is 91.4 cm³/mol. The molecule has 23 heavy (non-hydrogen) atoms. The molecule has 118 valence electrons. The van der Waals surface area contributed by atoms with Crippen molar-refractivity contribution in [3.8, 4) is 0 Å². The number of benzene rings is 2. The first-order valence-electron chi connectivity index (χ1n) is 7.78. The van der Waals surface area contributed by atoms with Gasteiger partial charge in [-0.25, -0.2) is 0 Å². The lowest BCUT2D eigenvalue weighted by Gasteiger charge is -2.11. The minimum absolute atomic E-state index is 0.128. The van der Waals surface area contributed by atoms with Crippen molar-refractivity contribution in [3.63, 3.8) is 0 Å². The average molecular weight is 309 g/mol. The number of hydrogen-bond donors (Lipinski definition) is 3. The number of amides is 2. The number of fused-ring (bicyclic) bond motifs is 2. The molecule has 1 aliphatic heterocycles. The summed E-state index contributed by atoms with van der Waals surface area (Å²) in [5, 5.41) is 8.98. The molecule has 2 aromatic carbocycles. The van der Waals surface area contributed by atoms with Crippen LogP contribution in [0.15, 0.2) is 42.5 Å². The van der Waals surface area contributed by atoms with Crippen molar-refractivity contribution in [2.45, 2.75) is 19.8 Å². The molecule has 0 atom stereocenters. The van der Waals surface area contributed by atoms with Crippen molar-refractivity contribution < 1.29 is 9.59 Å². The molecule has 0 radical (unpaired) electrons. The van der Waals surface area contributed by atoms with Gasteiger partial charge in [0.1, 0.15) is 0 Å². The third-order valence-electron chi connectivity index (χ3n) is 3.79. The highest BCUT2D eigenvalue weighted by Crippen LogP contribution is 2.32. The zero-order valence-corrected chi connectivity index (χ0v) is 13.0. The number of carbonyl (C=O) groups is 2. The molecular formula is C18H19N3O2. The monoisotopic (exact) mass is 309 g/mol. The minimum Gasteiger partial charge on any atom is -0.353 e. The first-order valence-corrected chi connectivity index (χ1v) is 7.78. The second-order valence-corrected chi connectivity index (χ2v) is 5.49. The Morgan fingerprint density at radius 2 is 1.87 bits per heavy atom. The number of para-hydroxylation sites is 1. The van der Waals surface area contributed by atoms with Crippen LogP contribution >= 0.6 is 0 Å². The fourth-order valence-corrected chi connectivity index (χ4v) is 2.50. The molecule has 0 saturated carbocycles. The molecule has 1 heterocycles. The van der Waals surface area contributed by atoms with Gasteiger partial charge in [-0.05, 0) is 36.8 Å². The maximum absolute atomic E-state index is 12.3. The van der Waals surface area contributed by atoms with E-state index < -0.39 is 0 Å². The van der Waals surface area contributed by atoms with Gasteiger partial charge in [0.05, 0.1) is 22.6 Å². The van der Waals surface area contributed by atoms with Gasteiger partial charge in [-0.1, -0.05) is 25.5 Å². The molecule has 5 heteroatoms. The summed E-state index contributed by atoms with van der Waals surface area (Å²) < 4.78 is 0. The zero-order valence-electron chi connectivity index (χ0n) is 13.0. The highest BCUT2D eigenvalue weighted by atomic mass is 16.2. The van der Waals surface area contributed by atoms with E-state index in [4.69, 9.17) is 0 Å². The standard InChI is InChI=1S/C18H19N3O2/c1-2-3-10-19-17(22)12-8-9-15-16(11-12)21-18(23)13-6-4-5-7-14(13)20-15/h4-9,11,20H,2-3,10H2,1H3,(H,19,22)(H,21,23). The van der Waals surface area contributed by atoms with Crippen molar-refractivity contribution in [3.05, 3.63) is 53.6 Å².